The maximum absolute atomic E-state index is 13.8. The van der Waals surface area contributed by atoms with Gasteiger partial charge in [-0.15, -0.1) is 0 Å². The SMILES string of the molecule is CC(C)(NC(=O)c1cc(F)ccc1N)c1ccccc1F. The van der Waals surface area contributed by atoms with Crippen molar-refractivity contribution in [2.45, 2.75) is 19.4 Å². The summed E-state index contributed by atoms with van der Waals surface area (Å²) in [5, 5.41) is 2.67. The Kier molecular flexibility index (Phi) is 3.93. The summed E-state index contributed by atoms with van der Waals surface area (Å²) in [6.07, 6.45) is 0. The highest BCUT2D eigenvalue weighted by atomic mass is 19.1. The third-order valence-corrected chi connectivity index (χ3v) is 3.23. The lowest BCUT2D eigenvalue weighted by Gasteiger charge is -2.27. The smallest absolute Gasteiger partial charge is 0.254 e. The average molecular weight is 290 g/mol. The number of rotatable bonds is 3. The van der Waals surface area contributed by atoms with Gasteiger partial charge in [-0.2, -0.15) is 0 Å². The quantitative estimate of drug-likeness (QED) is 0.853. The monoisotopic (exact) mass is 290 g/mol. The van der Waals surface area contributed by atoms with E-state index in [4.69, 9.17) is 5.73 Å². The molecule has 2 rings (SSSR count). The van der Waals surface area contributed by atoms with E-state index in [-0.39, 0.29) is 11.3 Å². The third kappa shape index (κ3) is 3.18. The molecule has 0 aliphatic rings. The molecule has 0 spiro atoms. The predicted octanol–water partition coefficient (Wildman–Crippen LogP) is 3.21. The van der Waals surface area contributed by atoms with Gasteiger partial charge in [-0.05, 0) is 38.1 Å². The van der Waals surface area contributed by atoms with Gasteiger partial charge in [0, 0.05) is 11.3 Å². The van der Waals surface area contributed by atoms with Gasteiger partial charge in [0.05, 0.1) is 11.1 Å². The van der Waals surface area contributed by atoms with Gasteiger partial charge in [0.1, 0.15) is 11.6 Å². The molecule has 2 aromatic carbocycles. The van der Waals surface area contributed by atoms with Gasteiger partial charge >= 0.3 is 0 Å². The van der Waals surface area contributed by atoms with Gasteiger partial charge in [-0.1, -0.05) is 18.2 Å². The van der Waals surface area contributed by atoms with Crippen molar-refractivity contribution in [3.8, 4) is 0 Å². The summed E-state index contributed by atoms with van der Waals surface area (Å²) in [6.45, 7) is 3.33. The van der Waals surface area contributed by atoms with Crippen molar-refractivity contribution in [2.24, 2.45) is 0 Å². The summed E-state index contributed by atoms with van der Waals surface area (Å²) in [5.74, 6) is -1.53. The number of nitrogens with two attached hydrogens (primary N) is 1. The Balaban J connectivity index is 2.30. The van der Waals surface area contributed by atoms with Crippen LogP contribution in [0.25, 0.3) is 0 Å². The maximum atomic E-state index is 13.8. The van der Waals surface area contributed by atoms with Gasteiger partial charge in [-0.25, -0.2) is 8.78 Å². The number of carbonyl (C=O) groups is 1. The number of amides is 1. The lowest BCUT2D eigenvalue weighted by atomic mass is 9.93. The molecular formula is C16H16F2N2O. The number of nitrogens with one attached hydrogen (secondary N) is 1. The molecule has 3 nitrogen and oxygen atoms in total. The number of carbonyl (C=O) groups excluding carboxylic acids is 1. The summed E-state index contributed by atoms with van der Waals surface area (Å²) in [7, 11) is 0. The zero-order valence-electron chi connectivity index (χ0n) is 11.8. The minimum Gasteiger partial charge on any atom is -0.398 e. The zero-order chi connectivity index (χ0) is 15.6. The molecule has 0 atom stereocenters. The van der Waals surface area contributed by atoms with Crippen LogP contribution in [0.4, 0.5) is 14.5 Å². The van der Waals surface area contributed by atoms with Crippen molar-refractivity contribution >= 4 is 11.6 Å². The van der Waals surface area contributed by atoms with Crippen molar-refractivity contribution in [3.63, 3.8) is 0 Å². The van der Waals surface area contributed by atoms with Crippen molar-refractivity contribution in [1.82, 2.24) is 5.32 Å². The second kappa shape index (κ2) is 5.52. The van der Waals surface area contributed by atoms with Crippen LogP contribution in [0.3, 0.4) is 0 Å². The van der Waals surface area contributed by atoms with Gasteiger partial charge in [0.15, 0.2) is 0 Å². The molecule has 0 radical (unpaired) electrons. The normalized spacial score (nSPS) is 11.2. The second-order valence-corrected chi connectivity index (χ2v) is 5.29. The molecule has 0 aromatic heterocycles. The van der Waals surface area contributed by atoms with Crippen LogP contribution in [0.15, 0.2) is 42.5 Å². The van der Waals surface area contributed by atoms with Crippen molar-refractivity contribution in [3.05, 3.63) is 65.2 Å². The first-order valence-corrected chi connectivity index (χ1v) is 6.44. The molecule has 3 N–H and O–H groups in total. The van der Waals surface area contributed by atoms with E-state index in [1.54, 1.807) is 32.0 Å². The zero-order valence-corrected chi connectivity index (χ0v) is 11.8. The molecule has 0 aliphatic heterocycles. The van der Waals surface area contributed by atoms with Crippen LogP contribution in [-0.4, -0.2) is 5.91 Å². The number of benzene rings is 2. The van der Waals surface area contributed by atoms with E-state index in [9.17, 15) is 13.6 Å². The second-order valence-electron chi connectivity index (χ2n) is 5.29. The first kappa shape index (κ1) is 15.0. The Morgan fingerprint density at radius 1 is 1.14 bits per heavy atom. The van der Waals surface area contributed by atoms with Crippen LogP contribution < -0.4 is 11.1 Å². The molecule has 0 heterocycles. The summed E-state index contributed by atoms with van der Waals surface area (Å²) in [4.78, 5) is 12.2. The lowest BCUT2D eigenvalue weighted by Crippen LogP contribution is -2.41. The van der Waals surface area contributed by atoms with Crippen LogP contribution in [0, 0.1) is 11.6 Å². The Hall–Kier alpha value is -2.43. The summed E-state index contributed by atoms with van der Waals surface area (Å²) in [6, 6.07) is 9.71. The highest BCUT2D eigenvalue weighted by molar-refractivity contribution is 5.99. The van der Waals surface area contributed by atoms with E-state index in [0.29, 0.717) is 5.56 Å². The molecule has 5 heteroatoms. The molecule has 0 aliphatic carbocycles. The van der Waals surface area contributed by atoms with E-state index < -0.39 is 23.1 Å². The fraction of sp³-hybridized carbons (Fsp3) is 0.188. The van der Waals surface area contributed by atoms with E-state index in [0.717, 1.165) is 6.07 Å². The molecule has 0 saturated carbocycles. The number of hydrogen-bond donors (Lipinski definition) is 2. The molecular weight excluding hydrogens is 274 g/mol. The first-order valence-electron chi connectivity index (χ1n) is 6.44. The molecule has 2 aromatic rings. The molecule has 110 valence electrons. The van der Waals surface area contributed by atoms with E-state index in [2.05, 4.69) is 5.32 Å². The van der Waals surface area contributed by atoms with E-state index in [1.165, 1.54) is 18.2 Å². The van der Waals surface area contributed by atoms with Crippen LogP contribution in [-0.2, 0) is 5.54 Å². The molecule has 0 fully saturated rings. The topological polar surface area (TPSA) is 55.1 Å². The summed E-state index contributed by atoms with van der Waals surface area (Å²) >= 11 is 0. The minimum absolute atomic E-state index is 0.0272. The van der Waals surface area contributed by atoms with Gasteiger partial charge in [0.25, 0.3) is 5.91 Å². The number of anilines is 1. The fourth-order valence-corrected chi connectivity index (χ4v) is 2.11. The van der Waals surface area contributed by atoms with E-state index >= 15 is 0 Å². The largest absolute Gasteiger partial charge is 0.398 e. The highest BCUT2D eigenvalue weighted by Gasteiger charge is 2.27. The molecule has 1 amide bonds. The Morgan fingerprint density at radius 3 is 2.48 bits per heavy atom. The minimum atomic E-state index is -0.957. The van der Waals surface area contributed by atoms with Crippen LogP contribution in [0.2, 0.25) is 0 Å². The number of nitrogen functional groups attached to an aromatic ring is 1. The average Bonchev–Trinajstić information content (AvgIpc) is 2.41. The molecule has 21 heavy (non-hydrogen) atoms. The number of halogens is 2. The summed E-state index contributed by atoms with van der Waals surface area (Å²) < 4.78 is 27.1. The van der Waals surface area contributed by atoms with Crippen LogP contribution in [0.1, 0.15) is 29.8 Å². The lowest BCUT2D eigenvalue weighted by molar-refractivity contribution is 0.0911. The molecule has 0 saturated heterocycles. The van der Waals surface area contributed by atoms with Crippen molar-refractivity contribution < 1.29 is 13.6 Å². The van der Waals surface area contributed by atoms with Crippen LogP contribution in [0.5, 0.6) is 0 Å². The molecule has 0 bridgehead atoms. The Labute approximate surface area is 121 Å². The Bertz CT molecular complexity index is 684. The van der Waals surface area contributed by atoms with Gasteiger partial charge < -0.3 is 11.1 Å². The number of hydrogen-bond acceptors (Lipinski definition) is 2. The van der Waals surface area contributed by atoms with Gasteiger partial charge in [0.2, 0.25) is 0 Å². The fourth-order valence-electron chi connectivity index (χ4n) is 2.11. The summed E-state index contributed by atoms with van der Waals surface area (Å²) in [5.41, 5.74) is 5.25. The van der Waals surface area contributed by atoms with Crippen LogP contribution >= 0.6 is 0 Å². The maximum Gasteiger partial charge on any atom is 0.254 e. The highest BCUT2D eigenvalue weighted by Crippen LogP contribution is 2.24. The first-order chi connectivity index (χ1) is 9.81. The third-order valence-electron chi connectivity index (χ3n) is 3.23. The Morgan fingerprint density at radius 2 is 1.81 bits per heavy atom. The standard InChI is InChI=1S/C16H16F2N2O/c1-16(2,12-5-3-4-6-13(12)18)20-15(21)11-9-10(17)7-8-14(11)19/h3-9H,19H2,1-2H3,(H,20,21). The van der Waals surface area contributed by atoms with Crippen molar-refractivity contribution in [1.29, 1.82) is 0 Å². The van der Waals surface area contributed by atoms with Crippen molar-refractivity contribution in [2.75, 3.05) is 5.73 Å². The van der Waals surface area contributed by atoms with Gasteiger partial charge in [-0.3, -0.25) is 4.79 Å². The predicted molar refractivity (Wildman–Crippen MR) is 77.7 cm³/mol. The molecule has 0 unspecified atom stereocenters. The van der Waals surface area contributed by atoms with E-state index in [1.807, 2.05) is 0 Å².